The molecule has 154 valence electrons. The maximum atomic E-state index is 12.9. The smallest absolute Gasteiger partial charge is 0.258 e. The number of hydrogen-bond donors (Lipinski definition) is 1. The molecule has 4 aromatic rings. The van der Waals surface area contributed by atoms with E-state index < -0.39 is 0 Å². The number of rotatable bonds is 4. The second-order valence-corrected chi connectivity index (χ2v) is 6.64. The number of carbonyl (C=O) groups is 1. The molecule has 2 aromatic heterocycles. The number of benzene rings is 2. The Balaban J connectivity index is 0.00000124. The van der Waals surface area contributed by atoms with E-state index in [0.717, 1.165) is 27.8 Å². The number of nitrogens with zero attached hydrogens (tertiary/aromatic N) is 2. The molecular weight excluding hydrogens is 378 g/mol. The summed E-state index contributed by atoms with van der Waals surface area (Å²) in [4.78, 5) is 24.7. The Morgan fingerprint density at radius 2 is 1.93 bits per heavy atom. The molecule has 0 spiro atoms. The molecule has 0 aliphatic heterocycles. The zero-order chi connectivity index (χ0) is 21.7. The Bertz CT molecular complexity index is 1240. The molecule has 0 saturated carbocycles. The van der Waals surface area contributed by atoms with Crippen LogP contribution in [0.15, 0.2) is 70.3 Å². The van der Waals surface area contributed by atoms with Crippen LogP contribution < -0.4 is 10.9 Å². The Hall–Kier alpha value is -3.67. The maximum Gasteiger partial charge on any atom is 0.258 e. The van der Waals surface area contributed by atoms with E-state index in [1.807, 2.05) is 57.2 Å². The van der Waals surface area contributed by atoms with Crippen LogP contribution in [0.25, 0.3) is 21.9 Å². The van der Waals surface area contributed by atoms with Crippen LogP contribution in [0, 0.1) is 6.92 Å². The van der Waals surface area contributed by atoms with Crippen LogP contribution in [0.2, 0.25) is 0 Å². The summed E-state index contributed by atoms with van der Waals surface area (Å²) in [5, 5.41) is 8.02. The van der Waals surface area contributed by atoms with Crippen molar-refractivity contribution >= 4 is 16.7 Å². The maximum absolute atomic E-state index is 12.9. The van der Waals surface area contributed by atoms with Gasteiger partial charge < -0.3 is 14.4 Å². The summed E-state index contributed by atoms with van der Waals surface area (Å²) in [7, 11) is 1.60. The summed E-state index contributed by atoms with van der Waals surface area (Å²) in [6.07, 6.45) is 3.39. The molecule has 0 aliphatic rings. The van der Waals surface area contributed by atoms with Crippen molar-refractivity contribution in [3.63, 3.8) is 0 Å². The van der Waals surface area contributed by atoms with Crippen molar-refractivity contribution in [2.75, 3.05) is 7.05 Å². The Kier molecular flexibility index (Phi) is 6.47. The van der Waals surface area contributed by atoms with Gasteiger partial charge in [-0.05, 0) is 53.8 Å². The third kappa shape index (κ3) is 4.17. The summed E-state index contributed by atoms with van der Waals surface area (Å²) in [5.74, 6) is -0.149. The molecule has 4 rings (SSSR count). The predicted molar refractivity (Wildman–Crippen MR) is 119 cm³/mol. The van der Waals surface area contributed by atoms with Crippen molar-refractivity contribution in [2.24, 2.45) is 0 Å². The van der Waals surface area contributed by atoms with Gasteiger partial charge in [-0.15, -0.1) is 0 Å². The van der Waals surface area contributed by atoms with Gasteiger partial charge in [0.15, 0.2) is 0 Å². The summed E-state index contributed by atoms with van der Waals surface area (Å²) in [6.45, 7) is 6.28. The molecule has 1 amide bonds. The van der Waals surface area contributed by atoms with Gasteiger partial charge in [-0.2, -0.15) is 0 Å². The number of nitrogens with one attached hydrogen (secondary N) is 1. The topological polar surface area (TPSA) is 77.1 Å². The number of carbonyl (C=O) groups excluding carboxylic acids is 1. The second-order valence-electron chi connectivity index (χ2n) is 6.64. The minimum Gasteiger partial charge on any atom is -0.364 e. The van der Waals surface area contributed by atoms with E-state index in [4.69, 9.17) is 4.52 Å². The van der Waals surface area contributed by atoms with E-state index in [1.54, 1.807) is 36.2 Å². The van der Waals surface area contributed by atoms with Gasteiger partial charge in [-0.3, -0.25) is 9.59 Å². The quantitative estimate of drug-likeness (QED) is 0.548. The largest absolute Gasteiger partial charge is 0.364 e. The van der Waals surface area contributed by atoms with Crippen molar-refractivity contribution in [3.05, 3.63) is 88.2 Å². The molecular formula is C24H25N3O3. The molecule has 0 saturated heterocycles. The lowest BCUT2D eigenvalue weighted by Gasteiger charge is -2.09. The van der Waals surface area contributed by atoms with Gasteiger partial charge in [-0.25, -0.2) is 0 Å². The van der Waals surface area contributed by atoms with Gasteiger partial charge in [-0.1, -0.05) is 37.2 Å². The van der Waals surface area contributed by atoms with Crippen LogP contribution >= 0.6 is 0 Å². The molecule has 6 nitrogen and oxygen atoms in total. The third-order valence-electron chi connectivity index (χ3n) is 4.81. The van der Waals surface area contributed by atoms with Crippen molar-refractivity contribution in [1.82, 2.24) is 15.0 Å². The normalized spacial score (nSPS) is 10.4. The lowest BCUT2D eigenvalue weighted by atomic mass is 10.0. The summed E-state index contributed by atoms with van der Waals surface area (Å²) < 4.78 is 6.66. The van der Waals surface area contributed by atoms with E-state index in [2.05, 4.69) is 10.5 Å². The first-order valence-corrected chi connectivity index (χ1v) is 9.92. The van der Waals surface area contributed by atoms with Crippen LogP contribution in [0.5, 0.6) is 0 Å². The fourth-order valence-electron chi connectivity index (χ4n) is 3.30. The SMILES string of the molecule is CC.CNC(=O)c1cccc(Cn2ccc3cc(-c4conc4C)ccc3c2=O)c1. The van der Waals surface area contributed by atoms with E-state index in [1.165, 1.54) is 0 Å². The lowest BCUT2D eigenvalue weighted by molar-refractivity contribution is 0.0963. The number of pyridine rings is 1. The van der Waals surface area contributed by atoms with Crippen molar-refractivity contribution in [1.29, 1.82) is 0 Å². The molecule has 2 heterocycles. The molecule has 0 unspecified atom stereocenters. The van der Waals surface area contributed by atoms with E-state index >= 15 is 0 Å². The average molecular weight is 403 g/mol. The van der Waals surface area contributed by atoms with Gasteiger partial charge in [0.1, 0.15) is 6.26 Å². The average Bonchev–Trinajstić information content (AvgIpc) is 3.22. The van der Waals surface area contributed by atoms with Crippen molar-refractivity contribution in [2.45, 2.75) is 27.3 Å². The van der Waals surface area contributed by atoms with E-state index in [9.17, 15) is 9.59 Å². The number of amides is 1. The summed E-state index contributed by atoms with van der Waals surface area (Å²) >= 11 is 0. The van der Waals surface area contributed by atoms with Crippen LogP contribution in [0.4, 0.5) is 0 Å². The van der Waals surface area contributed by atoms with Crippen LogP contribution in [-0.2, 0) is 6.54 Å². The zero-order valence-electron chi connectivity index (χ0n) is 17.6. The fourth-order valence-corrected chi connectivity index (χ4v) is 3.30. The predicted octanol–water partition coefficient (Wildman–Crippen LogP) is 4.40. The molecule has 0 bridgehead atoms. The highest BCUT2D eigenvalue weighted by molar-refractivity contribution is 5.94. The minimum atomic E-state index is -0.149. The Morgan fingerprint density at radius 1 is 1.13 bits per heavy atom. The molecule has 0 fully saturated rings. The van der Waals surface area contributed by atoms with Crippen LogP contribution in [0.3, 0.4) is 0 Å². The molecule has 0 aliphatic carbocycles. The van der Waals surface area contributed by atoms with Gasteiger partial charge >= 0.3 is 0 Å². The first-order chi connectivity index (χ1) is 14.6. The van der Waals surface area contributed by atoms with Gasteiger partial charge in [0.25, 0.3) is 11.5 Å². The highest BCUT2D eigenvalue weighted by Gasteiger charge is 2.10. The molecule has 0 radical (unpaired) electrons. The second kappa shape index (κ2) is 9.22. The number of aryl methyl sites for hydroxylation is 1. The molecule has 6 heteroatoms. The minimum absolute atomic E-state index is 0.0727. The Labute approximate surface area is 175 Å². The highest BCUT2D eigenvalue weighted by Crippen LogP contribution is 2.25. The summed E-state index contributed by atoms with van der Waals surface area (Å²) in [6, 6.07) is 14.9. The lowest BCUT2D eigenvalue weighted by Crippen LogP contribution is -2.21. The van der Waals surface area contributed by atoms with Gasteiger partial charge in [0.05, 0.1) is 12.2 Å². The zero-order valence-corrected chi connectivity index (χ0v) is 17.6. The van der Waals surface area contributed by atoms with Crippen LogP contribution in [0.1, 0.15) is 35.5 Å². The molecule has 2 aromatic carbocycles. The summed E-state index contributed by atoms with van der Waals surface area (Å²) in [5.41, 5.74) is 4.07. The van der Waals surface area contributed by atoms with E-state index in [0.29, 0.717) is 17.5 Å². The third-order valence-corrected chi connectivity index (χ3v) is 4.81. The standard InChI is InChI=1S/C22H19N3O3.C2H6/c1-14-20(13-28-24-14)16-6-7-19-17(11-16)8-9-25(22(19)27)12-15-4-3-5-18(10-15)21(26)23-2;1-2/h3-11,13H,12H2,1-2H3,(H,23,26);1-2H3. The van der Waals surface area contributed by atoms with E-state index in [-0.39, 0.29) is 11.5 Å². The molecule has 0 atom stereocenters. The van der Waals surface area contributed by atoms with Gasteiger partial charge in [0, 0.05) is 29.8 Å². The van der Waals surface area contributed by atoms with Crippen molar-refractivity contribution in [3.8, 4) is 11.1 Å². The van der Waals surface area contributed by atoms with Gasteiger partial charge in [0.2, 0.25) is 0 Å². The number of fused-ring (bicyclic) bond motifs is 1. The monoisotopic (exact) mass is 403 g/mol. The fraction of sp³-hybridized carbons (Fsp3) is 0.208. The van der Waals surface area contributed by atoms with Crippen molar-refractivity contribution < 1.29 is 9.32 Å². The van der Waals surface area contributed by atoms with Crippen LogP contribution in [-0.4, -0.2) is 22.7 Å². The number of hydrogen-bond acceptors (Lipinski definition) is 4. The molecule has 1 N–H and O–H groups in total. The number of aromatic nitrogens is 2. The Morgan fingerprint density at radius 3 is 2.63 bits per heavy atom. The molecule has 30 heavy (non-hydrogen) atoms. The first-order valence-electron chi connectivity index (χ1n) is 9.92. The first kappa shape index (κ1) is 21.0. The highest BCUT2D eigenvalue weighted by atomic mass is 16.5.